The number of hydrogen-bond donors (Lipinski definition) is 3. The lowest BCUT2D eigenvalue weighted by Crippen LogP contribution is -2.19. The Morgan fingerprint density at radius 1 is 1.33 bits per heavy atom. The number of anilines is 2. The molecule has 7 nitrogen and oxygen atoms in total. The van der Waals surface area contributed by atoms with Crippen molar-refractivity contribution in [1.29, 1.82) is 0 Å². The van der Waals surface area contributed by atoms with Crippen LogP contribution in [0.15, 0.2) is 23.4 Å². The van der Waals surface area contributed by atoms with Gasteiger partial charge in [-0.2, -0.15) is 0 Å². The molecule has 2 rings (SSSR count). The highest BCUT2D eigenvalue weighted by Gasteiger charge is 2.19. The second-order valence-electron chi connectivity index (χ2n) is 4.49. The summed E-state index contributed by atoms with van der Waals surface area (Å²) >= 11 is 7.19. The van der Waals surface area contributed by atoms with Gasteiger partial charge in [-0.1, -0.05) is 23.4 Å². The Bertz CT molecular complexity index is 818. The van der Waals surface area contributed by atoms with Gasteiger partial charge in [0, 0.05) is 12.7 Å². The number of carbonyl (C=O) groups is 2. The molecule has 0 aliphatic heterocycles. The number of benzene rings is 1. The predicted octanol–water partition coefficient (Wildman–Crippen LogP) is 2.19. The first kappa shape index (κ1) is 18.0. The summed E-state index contributed by atoms with van der Waals surface area (Å²) in [6.07, 6.45) is 1.74. The van der Waals surface area contributed by atoms with Crippen LogP contribution in [0.5, 0.6) is 0 Å². The van der Waals surface area contributed by atoms with E-state index in [1.807, 2.05) is 0 Å². The Morgan fingerprint density at radius 3 is 2.62 bits per heavy atom. The molecule has 1 heterocycles. The van der Waals surface area contributed by atoms with E-state index in [-0.39, 0.29) is 22.1 Å². The molecule has 0 aliphatic rings. The molecular formula is C14H13ClFN5O2S. The molecule has 0 bridgehead atoms. The van der Waals surface area contributed by atoms with Gasteiger partial charge in [0.2, 0.25) is 0 Å². The largest absolute Gasteiger partial charge is 0.365 e. The van der Waals surface area contributed by atoms with Gasteiger partial charge in [0.25, 0.3) is 11.8 Å². The second kappa shape index (κ2) is 7.45. The summed E-state index contributed by atoms with van der Waals surface area (Å²) in [5.41, 5.74) is 5.39. The molecule has 24 heavy (non-hydrogen) atoms. The van der Waals surface area contributed by atoms with Gasteiger partial charge in [0.15, 0.2) is 5.16 Å². The lowest BCUT2D eigenvalue weighted by molar-refractivity contribution is 0.0957. The minimum Gasteiger partial charge on any atom is -0.365 e. The quantitative estimate of drug-likeness (QED) is 0.423. The Kier molecular flexibility index (Phi) is 5.58. The first-order valence-corrected chi connectivity index (χ1v) is 8.17. The number of carbonyl (C=O) groups excluding carboxylic acids is 2. The van der Waals surface area contributed by atoms with E-state index in [2.05, 4.69) is 20.6 Å². The fraction of sp³-hybridized carbons (Fsp3) is 0.143. The molecule has 0 saturated carbocycles. The standard InChI is InChI=1S/C14H13ClFN5O2S/c1-18-13(23)7-5-6(3-4-8(7)16)19-12-9(11(17)22)10(15)20-14(21-12)24-2/h3-5H,1-2H3,(H2,17,22)(H,18,23)(H,19,20,21). The highest BCUT2D eigenvalue weighted by molar-refractivity contribution is 7.98. The van der Waals surface area contributed by atoms with Gasteiger partial charge in [-0.05, 0) is 24.5 Å². The number of thioether (sulfide) groups is 1. The zero-order valence-corrected chi connectivity index (χ0v) is 14.3. The van der Waals surface area contributed by atoms with Gasteiger partial charge in [-0.25, -0.2) is 14.4 Å². The smallest absolute Gasteiger partial charge is 0.255 e. The van der Waals surface area contributed by atoms with Crippen molar-refractivity contribution in [2.24, 2.45) is 5.73 Å². The van der Waals surface area contributed by atoms with Crippen molar-refractivity contribution < 1.29 is 14.0 Å². The van der Waals surface area contributed by atoms with Gasteiger partial charge >= 0.3 is 0 Å². The van der Waals surface area contributed by atoms with E-state index in [1.54, 1.807) is 6.26 Å². The predicted molar refractivity (Wildman–Crippen MR) is 90.4 cm³/mol. The van der Waals surface area contributed by atoms with E-state index in [0.29, 0.717) is 10.8 Å². The maximum absolute atomic E-state index is 13.7. The second-order valence-corrected chi connectivity index (χ2v) is 5.62. The fourth-order valence-electron chi connectivity index (χ4n) is 1.86. The Balaban J connectivity index is 2.49. The number of nitrogens with zero attached hydrogens (tertiary/aromatic N) is 2. The topological polar surface area (TPSA) is 110 Å². The highest BCUT2D eigenvalue weighted by Crippen LogP contribution is 2.27. The molecule has 2 aromatic rings. The van der Waals surface area contributed by atoms with Crippen molar-refractivity contribution in [3.8, 4) is 0 Å². The molecular weight excluding hydrogens is 357 g/mol. The molecule has 0 atom stereocenters. The van der Waals surface area contributed by atoms with E-state index in [9.17, 15) is 14.0 Å². The average Bonchev–Trinajstić information content (AvgIpc) is 2.54. The van der Waals surface area contributed by atoms with Crippen LogP contribution >= 0.6 is 23.4 Å². The lowest BCUT2D eigenvalue weighted by Gasteiger charge is -2.12. The molecule has 10 heteroatoms. The first-order valence-electron chi connectivity index (χ1n) is 6.57. The van der Waals surface area contributed by atoms with Crippen LogP contribution in [0.4, 0.5) is 15.9 Å². The van der Waals surface area contributed by atoms with Gasteiger partial charge < -0.3 is 16.4 Å². The lowest BCUT2D eigenvalue weighted by atomic mass is 10.1. The molecule has 0 aliphatic carbocycles. The van der Waals surface area contributed by atoms with Crippen LogP contribution in [-0.4, -0.2) is 35.1 Å². The minimum absolute atomic E-state index is 0.0707. The summed E-state index contributed by atoms with van der Waals surface area (Å²) in [6.45, 7) is 0. The molecule has 1 aromatic heterocycles. The zero-order valence-electron chi connectivity index (χ0n) is 12.7. The van der Waals surface area contributed by atoms with E-state index in [0.717, 1.165) is 6.07 Å². The van der Waals surface area contributed by atoms with Crippen LogP contribution in [0.3, 0.4) is 0 Å². The van der Waals surface area contributed by atoms with Crippen LogP contribution in [0.2, 0.25) is 5.15 Å². The summed E-state index contributed by atoms with van der Waals surface area (Å²) in [4.78, 5) is 31.3. The summed E-state index contributed by atoms with van der Waals surface area (Å²) in [5, 5.41) is 5.38. The van der Waals surface area contributed by atoms with Gasteiger partial charge in [-0.15, -0.1) is 0 Å². The number of hydrogen-bond acceptors (Lipinski definition) is 6. The molecule has 0 radical (unpaired) electrons. The maximum atomic E-state index is 13.7. The maximum Gasteiger partial charge on any atom is 0.255 e. The molecule has 0 unspecified atom stereocenters. The third kappa shape index (κ3) is 3.74. The van der Waals surface area contributed by atoms with Crippen molar-refractivity contribution in [2.75, 3.05) is 18.6 Å². The SMILES string of the molecule is CNC(=O)c1cc(Nc2nc(SC)nc(Cl)c2C(N)=O)ccc1F. The molecule has 0 fully saturated rings. The molecule has 4 N–H and O–H groups in total. The fourth-order valence-corrected chi connectivity index (χ4v) is 2.54. The Hall–Kier alpha value is -2.39. The van der Waals surface area contributed by atoms with Crippen molar-refractivity contribution in [1.82, 2.24) is 15.3 Å². The highest BCUT2D eigenvalue weighted by atomic mass is 35.5. The molecule has 1 aromatic carbocycles. The number of nitrogens with one attached hydrogen (secondary N) is 2. The van der Waals surface area contributed by atoms with Crippen molar-refractivity contribution >= 4 is 46.7 Å². The van der Waals surface area contributed by atoms with E-state index >= 15 is 0 Å². The van der Waals surface area contributed by atoms with E-state index < -0.39 is 17.6 Å². The molecule has 0 saturated heterocycles. The third-order valence-corrected chi connectivity index (χ3v) is 3.80. The van der Waals surface area contributed by atoms with E-state index in [1.165, 1.54) is 30.9 Å². The summed E-state index contributed by atoms with van der Waals surface area (Å²) in [5.74, 6) is -2.01. The van der Waals surface area contributed by atoms with Gasteiger partial charge in [-0.3, -0.25) is 9.59 Å². The van der Waals surface area contributed by atoms with Crippen LogP contribution in [-0.2, 0) is 0 Å². The van der Waals surface area contributed by atoms with Crippen LogP contribution in [0.25, 0.3) is 0 Å². The van der Waals surface area contributed by atoms with Crippen LogP contribution < -0.4 is 16.4 Å². The zero-order chi connectivity index (χ0) is 17.9. The van der Waals surface area contributed by atoms with Crippen molar-refractivity contribution in [3.05, 3.63) is 40.3 Å². The van der Waals surface area contributed by atoms with E-state index in [4.69, 9.17) is 17.3 Å². The Morgan fingerprint density at radius 2 is 2.04 bits per heavy atom. The average molecular weight is 370 g/mol. The third-order valence-electron chi connectivity index (χ3n) is 2.97. The summed E-state index contributed by atoms with van der Waals surface area (Å²) in [6, 6.07) is 3.80. The normalized spacial score (nSPS) is 10.3. The molecule has 126 valence electrons. The number of aromatic nitrogens is 2. The van der Waals surface area contributed by atoms with Crippen molar-refractivity contribution in [2.45, 2.75) is 5.16 Å². The van der Waals surface area contributed by atoms with Gasteiger partial charge in [0.1, 0.15) is 22.4 Å². The van der Waals surface area contributed by atoms with Crippen molar-refractivity contribution in [3.63, 3.8) is 0 Å². The monoisotopic (exact) mass is 369 g/mol. The number of rotatable bonds is 5. The van der Waals surface area contributed by atoms with Crippen LogP contribution in [0, 0.1) is 5.82 Å². The number of nitrogens with two attached hydrogens (primary N) is 1. The Labute approximate surface area is 146 Å². The summed E-state index contributed by atoms with van der Waals surface area (Å²) in [7, 11) is 1.39. The molecule has 2 amide bonds. The van der Waals surface area contributed by atoms with Gasteiger partial charge in [0.05, 0.1) is 5.56 Å². The molecule has 0 spiro atoms. The number of primary amides is 1. The van der Waals surface area contributed by atoms with Crippen LogP contribution in [0.1, 0.15) is 20.7 Å². The minimum atomic E-state index is -0.816. The summed E-state index contributed by atoms with van der Waals surface area (Å²) < 4.78 is 13.7. The first-order chi connectivity index (χ1) is 11.4. The number of halogens is 2. The number of amides is 2.